The second-order valence-corrected chi connectivity index (χ2v) is 4.27. The molecule has 0 aliphatic carbocycles. The standard InChI is InChI=1S/C12H11ClN2O2/c1-15-12(13)6-8(14-15)11-7-16-9-4-2-3-5-10(9)17-11/h2-6,11H,7H2,1H3. The minimum Gasteiger partial charge on any atom is -0.485 e. The summed E-state index contributed by atoms with van der Waals surface area (Å²) in [5.74, 6) is 1.51. The summed E-state index contributed by atoms with van der Waals surface area (Å²) >= 11 is 5.95. The van der Waals surface area contributed by atoms with Crippen molar-refractivity contribution >= 4 is 11.6 Å². The Balaban J connectivity index is 1.89. The summed E-state index contributed by atoms with van der Waals surface area (Å²) in [6.45, 7) is 0.449. The van der Waals surface area contributed by atoms with Crippen molar-refractivity contribution in [3.63, 3.8) is 0 Å². The topological polar surface area (TPSA) is 36.3 Å². The monoisotopic (exact) mass is 250 g/mol. The van der Waals surface area contributed by atoms with Crippen LogP contribution in [0.4, 0.5) is 0 Å². The number of hydrogen-bond donors (Lipinski definition) is 0. The van der Waals surface area contributed by atoms with Crippen LogP contribution in [0.1, 0.15) is 11.8 Å². The Kier molecular flexibility index (Phi) is 2.44. The minimum atomic E-state index is -0.205. The molecule has 1 atom stereocenters. The Hall–Kier alpha value is -1.68. The Labute approximate surface area is 104 Å². The summed E-state index contributed by atoms with van der Waals surface area (Å²) in [5, 5.41) is 4.87. The highest BCUT2D eigenvalue weighted by Gasteiger charge is 2.24. The summed E-state index contributed by atoms with van der Waals surface area (Å²) < 4.78 is 13.1. The molecule has 5 heteroatoms. The average Bonchev–Trinajstić information content (AvgIpc) is 2.69. The molecule has 3 rings (SSSR count). The van der Waals surface area contributed by atoms with Crippen LogP contribution in [-0.2, 0) is 7.05 Å². The van der Waals surface area contributed by atoms with Gasteiger partial charge in [0.2, 0.25) is 0 Å². The Morgan fingerprint density at radius 2 is 2.12 bits per heavy atom. The van der Waals surface area contributed by atoms with Gasteiger partial charge in [-0.15, -0.1) is 0 Å². The van der Waals surface area contributed by atoms with Gasteiger partial charge in [-0.3, -0.25) is 4.68 Å². The van der Waals surface area contributed by atoms with Crippen LogP contribution in [0.3, 0.4) is 0 Å². The fourth-order valence-electron chi connectivity index (χ4n) is 1.79. The molecule has 0 saturated carbocycles. The van der Waals surface area contributed by atoms with Crippen LogP contribution in [0, 0.1) is 0 Å². The Bertz CT molecular complexity index is 534. The molecular formula is C12H11ClN2O2. The summed E-state index contributed by atoms with van der Waals surface area (Å²) in [6.07, 6.45) is -0.205. The summed E-state index contributed by atoms with van der Waals surface area (Å²) in [6, 6.07) is 9.39. The van der Waals surface area contributed by atoms with Crippen LogP contribution < -0.4 is 9.47 Å². The molecule has 1 aromatic heterocycles. The number of para-hydroxylation sites is 2. The van der Waals surface area contributed by atoms with E-state index >= 15 is 0 Å². The highest BCUT2D eigenvalue weighted by Crippen LogP contribution is 2.35. The summed E-state index contributed by atoms with van der Waals surface area (Å²) in [5.41, 5.74) is 0.784. The number of aromatic nitrogens is 2. The van der Waals surface area contributed by atoms with Gasteiger partial charge in [-0.2, -0.15) is 5.10 Å². The molecule has 2 aromatic rings. The molecule has 1 aliphatic heterocycles. The molecule has 17 heavy (non-hydrogen) atoms. The molecular weight excluding hydrogens is 240 g/mol. The fourth-order valence-corrected chi connectivity index (χ4v) is 1.94. The molecule has 4 nitrogen and oxygen atoms in total. The minimum absolute atomic E-state index is 0.205. The predicted molar refractivity (Wildman–Crippen MR) is 63.5 cm³/mol. The van der Waals surface area contributed by atoms with Crippen LogP contribution >= 0.6 is 11.6 Å². The van der Waals surface area contributed by atoms with Crippen LogP contribution in [0.25, 0.3) is 0 Å². The van der Waals surface area contributed by atoms with Gasteiger partial charge >= 0.3 is 0 Å². The van der Waals surface area contributed by atoms with E-state index in [2.05, 4.69) is 5.10 Å². The molecule has 1 aromatic carbocycles. The third kappa shape index (κ3) is 1.85. The van der Waals surface area contributed by atoms with Gasteiger partial charge in [-0.05, 0) is 12.1 Å². The van der Waals surface area contributed by atoms with E-state index in [9.17, 15) is 0 Å². The van der Waals surface area contributed by atoms with Crippen molar-refractivity contribution in [3.8, 4) is 11.5 Å². The lowest BCUT2D eigenvalue weighted by atomic mass is 10.2. The number of nitrogens with zero attached hydrogens (tertiary/aromatic N) is 2. The lowest BCUT2D eigenvalue weighted by Crippen LogP contribution is -2.22. The van der Waals surface area contributed by atoms with Crippen molar-refractivity contribution in [1.82, 2.24) is 9.78 Å². The van der Waals surface area contributed by atoms with Gasteiger partial charge in [-0.25, -0.2) is 0 Å². The quantitative estimate of drug-likeness (QED) is 0.781. The molecule has 0 N–H and O–H groups in total. The van der Waals surface area contributed by atoms with Gasteiger partial charge in [0.05, 0.1) is 0 Å². The molecule has 0 radical (unpaired) electrons. The van der Waals surface area contributed by atoms with E-state index < -0.39 is 0 Å². The predicted octanol–water partition coefficient (Wildman–Crippen LogP) is 2.59. The fraction of sp³-hybridized carbons (Fsp3) is 0.250. The molecule has 88 valence electrons. The van der Waals surface area contributed by atoms with Crippen molar-refractivity contribution in [2.75, 3.05) is 6.61 Å². The van der Waals surface area contributed by atoms with Gasteiger partial charge in [0, 0.05) is 13.1 Å². The van der Waals surface area contributed by atoms with Crippen molar-refractivity contribution in [2.45, 2.75) is 6.10 Å². The zero-order valence-corrected chi connectivity index (χ0v) is 10.0. The molecule has 2 heterocycles. The van der Waals surface area contributed by atoms with Crippen LogP contribution in [0.15, 0.2) is 30.3 Å². The Morgan fingerprint density at radius 3 is 2.82 bits per heavy atom. The highest BCUT2D eigenvalue weighted by atomic mass is 35.5. The van der Waals surface area contributed by atoms with Crippen LogP contribution in [0.5, 0.6) is 11.5 Å². The molecule has 0 spiro atoms. The van der Waals surface area contributed by atoms with E-state index in [1.165, 1.54) is 0 Å². The molecule has 1 unspecified atom stereocenters. The SMILES string of the molecule is Cn1nc(C2COc3ccccc3O2)cc1Cl. The summed E-state index contributed by atoms with van der Waals surface area (Å²) in [7, 11) is 1.80. The van der Waals surface area contributed by atoms with Gasteiger partial charge in [0.15, 0.2) is 17.6 Å². The first kappa shape index (κ1) is 10.5. The smallest absolute Gasteiger partial charge is 0.176 e. The van der Waals surface area contributed by atoms with E-state index in [4.69, 9.17) is 21.1 Å². The normalized spacial score (nSPS) is 18.1. The lowest BCUT2D eigenvalue weighted by molar-refractivity contribution is 0.0879. The second-order valence-electron chi connectivity index (χ2n) is 3.88. The molecule has 0 amide bonds. The van der Waals surface area contributed by atoms with E-state index in [0.29, 0.717) is 11.8 Å². The second kappa shape index (κ2) is 3.96. The Morgan fingerprint density at radius 1 is 1.35 bits per heavy atom. The third-order valence-electron chi connectivity index (χ3n) is 2.68. The van der Waals surface area contributed by atoms with Crippen molar-refractivity contribution in [1.29, 1.82) is 0 Å². The zero-order chi connectivity index (χ0) is 11.8. The van der Waals surface area contributed by atoms with Gasteiger partial charge in [-0.1, -0.05) is 23.7 Å². The number of halogens is 1. The average molecular weight is 251 g/mol. The van der Waals surface area contributed by atoms with Gasteiger partial charge in [0.25, 0.3) is 0 Å². The largest absolute Gasteiger partial charge is 0.485 e. The van der Waals surface area contributed by atoms with E-state index in [-0.39, 0.29) is 6.10 Å². The first-order valence-electron chi connectivity index (χ1n) is 5.32. The van der Waals surface area contributed by atoms with Crippen LogP contribution in [0.2, 0.25) is 5.15 Å². The zero-order valence-electron chi connectivity index (χ0n) is 9.26. The first-order chi connectivity index (χ1) is 8.24. The maximum Gasteiger partial charge on any atom is 0.176 e. The molecule has 0 fully saturated rings. The number of aryl methyl sites for hydroxylation is 1. The summed E-state index contributed by atoms with van der Waals surface area (Å²) in [4.78, 5) is 0. The van der Waals surface area contributed by atoms with Crippen molar-refractivity contribution in [3.05, 3.63) is 41.2 Å². The first-order valence-corrected chi connectivity index (χ1v) is 5.70. The van der Waals surface area contributed by atoms with E-state index in [0.717, 1.165) is 17.2 Å². The maximum absolute atomic E-state index is 5.95. The number of rotatable bonds is 1. The van der Waals surface area contributed by atoms with Crippen molar-refractivity contribution < 1.29 is 9.47 Å². The maximum atomic E-state index is 5.95. The number of benzene rings is 1. The van der Waals surface area contributed by atoms with Crippen LogP contribution in [-0.4, -0.2) is 16.4 Å². The highest BCUT2D eigenvalue weighted by molar-refractivity contribution is 6.29. The van der Waals surface area contributed by atoms with Crippen molar-refractivity contribution in [2.24, 2.45) is 7.05 Å². The van der Waals surface area contributed by atoms with Gasteiger partial charge in [0.1, 0.15) is 17.5 Å². The molecule has 0 saturated heterocycles. The molecule has 0 bridgehead atoms. The number of hydrogen-bond acceptors (Lipinski definition) is 3. The number of fused-ring (bicyclic) bond motifs is 1. The number of ether oxygens (including phenoxy) is 2. The van der Waals surface area contributed by atoms with E-state index in [1.807, 2.05) is 24.3 Å². The molecule has 1 aliphatic rings. The van der Waals surface area contributed by atoms with Gasteiger partial charge < -0.3 is 9.47 Å². The van der Waals surface area contributed by atoms with E-state index in [1.54, 1.807) is 17.8 Å². The lowest BCUT2D eigenvalue weighted by Gasteiger charge is -2.25. The third-order valence-corrected chi connectivity index (χ3v) is 3.03.